The first-order valence-electron chi connectivity index (χ1n) is 6.21. The predicted molar refractivity (Wildman–Crippen MR) is 75.9 cm³/mol. The van der Waals surface area contributed by atoms with Crippen LogP contribution in [0.5, 0.6) is 0 Å². The Labute approximate surface area is 114 Å². The number of aliphatic hydroxyl groups is 1. The Balaban J connectivity index is 2.97. The van der Waals surface area contributed by atoms with Crippen molar-refractivity contribution in [2.24, 2.45) is 0 Å². The van der Waals surface area contributed by atoms with Gasteiger partial charge in [0.25, 0.3) is 0 Å². The zero-order valence-corrected chi connectivity index (χ0v) is 11.6. The van der Waals surface area contributed by atoms with Crippen molar-refractivity contribution in [1.82, 2.24) is 0 Å². The Bertz CT molecular complexity index is 483. The van der Waals surface area contributed by atoms with Gasteiger partial charge in [0.15, 0.2) is 0 Å². The first-order valence-corrected chi connectivity index (χ1v) is 6.21. The van der Waals surface area contributed by atoms with Gasteiger partial charge in [0.2, 0.25) is 0 Å². The Kier molecular flexibility index (Phi) is 5.52. The van der Waals surface area contributed by atoms with E-state index in [1.807, 2.05) is 19.9 Å². The fraction of sp³-hybridized carbons (Fsp3) is 0.312. The van der Waals surface area contributed by atoms with Gasteiger partial charge >= 0.3 is 5.97 Å². The summed E-state index contributed by atoms with van der Waals surface area (Å²) in [6.45, 7) is 7.70. The van der Waals surface area contributed by atoms with Crippen LogP contribution in [0.2, 0.25) is 0 Å². The van der Waals surface area contributed by atoms with E-state index in [1.165, 1.54) is 7.11 Å². The largest absolute Gasteiger partial charge is 0.465 e. The van der Waals surface area contributed by atoms with Crippen molar-refractivity contribution >= 4 is 5.97 Å². The van der Waals surface area contributed by atoms with Crippen molar-refractivity contribution in [2.75, 3.05) is 7.11 Å². The molecule has 0 fully saturated rings. The highest BCUT2D eigenvalue weighted by Gasteiger charge is 2.13. The van der Waals surface area contributed by atoms with Gasteiger partial charge in [0.05, 0.1) is 12.7 Å². The summed E-state index contributed by atoms with van der Waals surface area (Å²) in [5.41, 5.74) is 3.03. The predicted octanol–water partition coefficient (Wildman–Crippen LogP) is 3.42. The van der Waals surface area contributed by atoms with Crippen LogP contribution in [-0.4, -0.2) is 18.2 Å². The molecule has 0 spiro atoms. The molecule has 0 saturated carbocycles. The minimum atomic E-state index is -0.673. The molecule has 1 atom stereocenters. The summed E-state index contributed by atoms with van der Waals surface area (Å²) in [5, 5.41) is 10.3. The van der Waals surface area contributed by atoms with Gasteiger partial charge in [-0.25, -0.2) is 4.79 Å². The Morgan fingerprint density at radius 2 is 2.00 bits per heavy atom. The second-order valence-electron chi connectivity index (χ2n) is 4.44. The molecule has 1 N–H and O–H groups in total. The monoisotopic (exact) mass is 260 g/mol. The van der Waals surface area contributed by atoms with Crippen LogP contribution in [0.4, 0.5) is 0 Å². The number of esters is 1. The second kappa shape index (κ2) is 6.90. The van der Waals surface area contributed by atoms with Crippen LogP contribution in [0, 0.1) is 0 Å². The maximum Gasteiger partial charge on any atom is 0.337 e. The molecule has 1 rings (SSSR count). The van der Waals surface area contributed by atoms with Crippen molar-refractivity contribution in [3.63, 3.8) is 0 Å². The lowest BCUT2D eigenvalue weighted by Crippen LogP contribution is -2.04. The first-order chi connectivity index (χ1) is 8.99. The first kappa shape index (κ1) is 15.2. The number of methoxy groups -OCH3 is 1. The van der Waals surface area contributed by atoms with E-state index in [0.717, 1.165) is 23.1 Å². The summed E-state index contributed by atoms with van der Waals surface area (Å²) in [6, 6.07) is 6.77. The minimum absolute atomic E-state index is 0.380. The maximum absolute atomic E-state index is 11.3. The van der Waals surface area contributed by atoms with E-state index in [0.29, 0.717) is 5.56 Å². The summed E-state index contributed by atoms with van der Waals surface area (Å²) in [4.78, 5) is 11.3. The minimum Gasteiger partial charge on any atom is -0.465 e. The van der Waals surface area contributed by atoms with Gasteiger partial charge in [-0.3, -0.25) is 0 Å². The average molecular weight is 260 g/mol. The summed E-state index contributed by atoms with van der Waals surface area (Å²) >= 11 is 0. The summed E-state index contributed by atoms with van der Waals surface area (Å²) in [6.07, 6.45) is 1.96. The van der Waals surface area contributed by atoms with Crippen molar-refractivity contribution in [1.29, 1.82) is 0 Å². The zero-order valence-electron chi connectivity index (χ0n) is 11.6. The quantitative estimate of drug-likeness (QED) is 0.651. The molecule has 102 valence electrons. The Morgan fingerprint density at radius 1 is 1.42 bits per heavy atom. The van der Waals surface area contributed by atoms with Gasteiger partial charge in [-0.15, -0.1) is 0 Å². The topological polar surface area (TPSA) is 46.5 Å². The van der Waals surface area contributed by atoms with E-state index >= 15 is 0 Å². The van der Waals surface area contributed by atoms with E-state index in [1.54, 1.807) is 24.3 Å². The fourth-order valence-corrected chi connectivity index (χ4v) is 1.82. The van der Waals surface area contributed by atoms with E-state index in [-0.39, 0.29) is 5.97 Å². The third-order valence-electron chi connectivity index (χ3n) is 2.84. The molecule has 0 aliphatic carbocycles. The molecule has 0 heterocycles. The third-order valence-corrected chi connectivity index (χ3v) is 2.84. The lowest BCUT2D eigenvalue weighted by Gasteiger charge is -2.14. The normalized spacial score (nSPS) is 12.9. The van der Waals surface area contributed by atoms with Gasteiger partial charge in [0.1, 0.15) is 6.10 Å². The number of aliphatic hydroxyl groups excluding tert-OH is 1. The maximum atomic E-state index is 11.3. The van der Waals surface area contributed by atoms with Crippen molar-refractivity contribution in [3.05, 3.63) is 59.2 Å². The van der Waals surface area contributed by atoms with E-state index < -0.39 is 6.10 Å². The standard InChI is InChI=1S/C16H20O3/c1-5-12(10-11(2)3)15(17)13-6-8-14(9-7-13)16(18)19-4/h6-10,15,17H,2,5H2,1,3-4H3/b12-10+/t15-/m1/s1. The van der Waals surface area contributed by atoms with Crippen molar-refractivity contribution < 1.29 is 14.6 Å². The second-order valence-corrected chi connectivity index (χ2v) is 4.44. The average Bonchev–Trinajstić information content (AvgIpc) is 2.43. The van der Waals surface area contributed by atoms with Crippen LogP contribution >= 0.6 is 0 Å². The van der Waals surface area contributed by atoms with Gasteiger partial charge in [0, 0.05) is 0 Å². The molecule has 1 aromatic carbocycles. The molecule has 0 aromatic heterocycles. The number of carbonyl (C=O) groups is 1. The number of hydrogen-bond acceptors (Lipinski definition) is 3. The molecule has 0 unspecified atom stereocenters. The number of rotatable bonds is 5. The SMILES string of the molecule is C=C(C)/C=C(\CC)[C@@H](O)c1ccc(C(=O)OC)cc1. The number of hydrogen-bond donors (Lipinski definition) is 1. The highest BCUT2D eigenvalue weighted by Crippen LogP contribution is 2.25. The van der Waals surface area contributed by atoms with Crippen LogP contribution in [-0.2, 0) is 4.74 Å². The lowest BCUT2D eigenvalue weighted by atomic mass is 9.97. The van der Waals surface area contributed by atoms with Crippen LogP contribution in [0.15, 0.2) is 48.1 Å². The highest BCUT2D eigenvalue weighted by molar-refractivity contribution is 5.89. The van der Waals surface area contributed by atoms with Crippen molar-refractivity contribution in [2.45, 2.75) is 26.4 Å². The number of benzene rings is 1. The Hall–Kier alpha value is -1.87. The van der Waals surface area contributed by atoms with Crippen LogP contribution in [0.25, 0.3) is 0 Å². The molecule has 0 amide bonds. The van der Waals surface area contributed by atoms with Gasteiger partial charge in [-0.1, -0.05) is 37.3 Å². The molecule has 0 aliphatic heterocycles. The van der Waals surface area contributed by atoms with Crippen LogP contribution in [0.3, 0.4) is 0 Å². The fourth-order valence-electron chi connectivity index (χ4n) is 1.82. The summed E-state index contributed by atoms with van der Waals surface area (Å²) < 4.78 is 4.63. The molecule has 19 heavy (non-hydrogen) atoms. The van der Waals surface area contributed by atoms with Crippen LogP contribution < -0.4 is 0 Å². The number of allylic oxidation sites excluding steroid dienone is 2. The third kappa shape index (κ3) is 4.07. The van der Waals surface area contributed by atoms with Gasteiger partial charge in [-0.05, 0) is 36.6 Å². The number of ether oxygens (including phenoxy) is 1. The molecule has 0 saturated heterocycles. The molecule has 0 radical (unpaired) electrons. The summed E-state index contributed by atoms with van der Waals surface area (Å²) in [5.74, 6) is -0.380. The number of carbonyl (C=O) groups excluding carboxylic acids is 1. The van der Waals surface area contributed by atoms with E-state index in [9.17, 15) is 9.90 Å². The lowest BCUT2D eigenvalue weighted by molar-refractivity contribution is 0.0600. The summed E-state index contributed by atoms with van der Waals surface area (Å²) in [7, 11) is 1.34. The molecule has 0 bridgehead atoms. The molecule has 1 aromatic rings. The van der Waals surface area contributed by atoms with E-state index in [2.05, 4.69) is 11.3 Å². The smallest absolute Gasteiger partial charge is 0.337 e. The Morgan fingerprint density at radius 3 is 2.42 bits per heavy atom. The van der Waals surface area contributed by atoms with Crippen LogP contribution in [0.1, 0.15) is 42.3 Å². The van der Waals surface area contributed by atoms with Gasteiger partial charge < -0.3 is 9.84 Å². The van der Waals surface area contributed by atoms with Gasteiger partial charge in [-0.2, -0.15) is 0 Å². The molecule has 3 heteroatoms. The highest BCUT2D eigenvalue weighted by atomic mass is 16.5. The van der Waals surface area contributed by atoms with Crippen molar-refractivity contribution in [3.8, 4) is 0 Å². The molecular weight excluding hydrogens is 240 g/mol. The molecule has 3 nitrogen and oxygen atoms in total. The van der Waals surface area contributed by atoms with E-state index in [4.69, 9.17) is 0 Å². The molecular formula is C16H20O3. The molecule has 0 aliphatic rings. The zero-order chi connectivity index (χ0) is 14.4.